The molecule has 1 fully saturated rings. The molecule has 116 valence electrons. The zero-order valence-electron chi connectivity index (χ0n) is 13.0. The molecule has 3 N–H and O–H groups in total. The van der Waals surface area contributed by atoms with Gasteiger partial charge in [0, 0.05) is 10.1 Å². The summed E-state index contributed by atoms with van der Waals surface area (Å²) in [6.07, 6.45) is 4.93. The van der Waals surface area contributed by atoms with Crippen LogP contribution in [-0.4, -0.2) is 23.2 Å². The summed E-state index contributed by atoms with van der Waals surface area (Å²) in [6.45, 7) is 5.08. The second-order valence-corrected chi connectivity index (χ2v) is 7.40. The maximum Gasteiger partial charge on any atom is 0.237 e. The highest BCUT2D eigenvalue weighted by Crippen LogP contribution is 2.38. The number of thioether (sulfide) groups is 1. The molecule has 0 spiro atoms. The van der Waals surface area contributed by atoms with Crippen molar-refractivity contribution in [2.45, 2.75) is 61.6 Å². The van der Waals surface area contributed by atoms with Gasteiger partial charge >= 0.3 is 0 Å². The summed E-state index contributed by atoms with van der Waals surface area (Å²) in [5.41, 5.74) is 6.49. The highest BCUT2D eigenvalue weighted by atomic mass is 32.2. The minimum atomic E-state index is -0.504. The highest BCUT2D eigenvalue weighted by molar-refractivity contribution is 8.00. The van der Waals surface area contributed by atoms with E-state index in [-0.39, 0.29) is 5.91 Å². The number of rotatable bonds is 6. The Labute approximate surface area is 132 Å². The van der Waals surface area contributed by atoms with E-state index in [2.05, 4.69) is 43.4 Å². The number of nitrogens with two attached hydrogens (primary N) is 1. The lowest BCUT2D eigenvalue weighted by atomic mass is 9.80. The summed E-state index contributed by atoms with van der Waals surface area (Å²) < 4.78 is 0. The minimum absolute atomic E-state index is 0.189. The first kappa shape index (κ1) is 16.4. The number of benzene rings is 1. The Morgan fingerprint density at radius 3 is 3.00 bits per heavy atom. The van der Waals surface area contributed by atoms with Crippen LogP contribution < -0.4 is 11.1 Å². The molecule has 1 aliphatic carbocycles. The quantitative estimate of drug-likeness (QED) is 0.848. The molecule has 1 aromatic rings. The van der Waals surface area contributed by atoms with E-state index in [9.17, 15) is 4.79 Å². The van der Waals surface area contributed by atoms with Crippen LogP contribution in [0.4, 0.5) is 0 Å². The normalized spacial score (nSPS) is 25.7. The molecule has 2 unspecified atom stereocenters. The molecular weight excluding hydrogens is 280 g/mol. The second kappa shape index (κ2) is 7.32. The van der Waals surface area contributed by atoms with Crippen LogP contribution in [0.15, 0.2) is 29.2 Å². The summed E-state index contributed by atoms with van der Waals surface area (Å²) in [5, 5.41) is 3.88. The molecular formula is C17H26N2OS. The summed E-state index contributed by atoms with van der Waals surface area (Å²) in [5.74, 6) is -0.189. The Bertz CT molecular complexity index is 491. The molecule has 2 rings (SSSR count). The van der Waals surface area contributed by atoms with Crippen LogP contribution in [0.3, 0.4) is 0 Å². The van der Waals surface area contributed by atoms with E-state index < -0.39 is 5.54 Å². The smallest absolute Gasteiger partial charge is 0.237 e. The first-order chi connectivity index (χ1) is 10.1. The summed E-state index contributed by atoms with van der Waals surface area (Å²) >= 11 is 1.88. The molecule has 0 heterocycles. The SMILES string of the molecule is CCCNC1(C(N)=O)CCCC(Sc2cccc(C)c2)C1. The first-order valence-corrected chi connectivity index (χ1v) is 8.72. The van der Waals surface area contributed by atoms with Crippen molar-refractivity contribution in [3.05, 3.63) is 29.8 Å². The van der Waals surface area contributed by atoms with E-state index in [1.165, 1.54) is 10.5 Å². The van der Waals surface area contributed by atoms with Crippen LogP contribution in [-0.2, 0) is 4.79 Å². The number of aryl methyl sites for hydroxylation is 1. The second-order valence-electron chi connectivity index (χ2n) is 6.03. The average molecular weight is 306 g/mol. The van der Waals surface area contributed by atoms with Gasteiger partial charge in [0.2, 0.25) is 5.91 Å². The molecule has 0 bridgehead atoms. The minimum Gasteiger partial charge on any atom is -0.368 e. The fourth-order valence-electron chi connectivity index (χ4n) is 3.04. The monoisotopic (exact) mass is 306 g/mol. The number of nitrogens with one attached hydrogen (secondary N) is 1. The van der Waals surface area contributed by atoms with Gasteiger partial charge in [-0.1, -0.05) is 24.6 Å². The van der Waals surface area contributed by atoms with E-state index >= 15 is 0 Å². The summed E-state index contributed by atoms with van der Waals surface area (Å²) in [7, 11) is 0. The van der Waals surface area contributed by atoms with Crippen molar-refractivity contribution in [1.82, 2.24) is 5.32 Å². The van der Waals surface area contributed by atoms with Crippen LogP contribution in [0.25, 0.3) is 0 Å². The van der Waals surface area contributed by atoms with Crippen LogP contribution >= 0.6 is 11.8 Å². The van der Waals surface area contributed by atoms with Crippen molar-refractivity contribution in [2.24, 2.45) is 5.73 Å². The molecule has 3 nitrogen and oxygen atoms in total. The standard InChI is InChI=1S/C17H26N2OS/c1-3-10-19-17(16(18)20)9-5-8-15(12-17)21-14-7-4-6-13(2)11-14/h4,6-7,11,15,19H,3,5,8-10,12H2,1-2H3,(H2,18,20). The number of carbonyl (C=O) groups excluding carboxylic acids is 1. The predicted molar refractivity (Wildman–Crippen MR) is 89.5 cm³/mol. The fraction of sp³-hybridized carbons (Fsp3) is 0.588. The molecule has 1 aromatic carbocycles. The van der Waals surface area contributed by atoms with E-state index in [0.29, 0.717) is 5.25 Å². The predicted octanol–water partition coefficient (Wildman–Crippen LogP) is 3.25. The van der Waals surface area contributed by atoms with Crippen LogP contribution in [0.1, 0.15) is 44.6 Å². The Hall–Kier alpha value is -1.00. The van der Waals surface area contributed by atoms with Crippen molar-refractivity contribution in [2.75, 3.05) is 6.54 Å². The Morgan fingerprint density at radius 2 is 2.33 bits per heavy atom. The molecule has 0 aliphatic heterocycles. The Kier molecular flexibility index (Phi) is 5.71. The van der Waals surface area contributed by atoms with Gasteiger partial charge < -0.3 is 11.1 Å². The molecule has 1 aliphatic rings. The van der Waals surface area contributed by atoms with E-state index in [0.717, 1.165) is 38.6 Å². The Morgan fingerprint density at radius 1 is 1.52 bits per heavy atom. The van der Waals surface area contributed by atoms with Gasteiger partial charge in [-0.25, -0.2) is 0 Å². The molecule has 0 radical (unpaired) electrons. The maximum atomic E-state index is 12.0. The van der Waals surface area contributed by atoms with E-state index in [1.807, 2.05) is 11.8 Å². The third-order valence-electron chi connectivity index (χ3n) is 4.18. The van der Waals surface area contributed by atoms with E-state index in [1.54, 1.807) is 0 Å². The molecule has 0 saturated heterocycles. The zero-order valence-corrected chi connectivity index (χ0v) is 13.8. The van der Waals surface area contributed by atoms with Gasteiger partial charge in [-0.3, -0.25) is 4.79 Å². The maximum absolute atomic E-state index is 12.0. The molecule has 1 amide bonds. The van der Waals surface area contributed by atoms with Crippen molar-refractivity contribution in [3.8, 4) is 0 Å². The van der Waals surface area contributed by atoms with Gasteiger partial charge in [0.05, 0.1) is 5.54 Å². The van der Waals surface area contributed by atoms with E-state index in [4.69, 9.17) is 5.73 Å². The van der Waals surface area contributed by atoms with Gasteiger partial charge in [0.1, 0.15) is 0 Å². The molecule has 21 heavy (non-hydrogen) atoms. The first-order valence-electron chi connectivity index (χ1n) is 7.84. The lowest BCUT2D eigenvalue weighted by Crippen LogP contribution is -2.58. The number of hydrogen-bond acceptors (Lipinski definition) is 3. The third-order valence-corrected chi connectivity index (χ3v) is 5.44. The highest BCUT2D eigenvalue weighted by Gasteiger charge is 2.41. The molecule has 1 saturated carbocycles. The number of primary amides is 1. The van der Waals surface area contributed by atoms with Crippen LogP contribution in [0.5, 0.6) is 0 Å². The van der Waals surface area contributed by atoms with Gasteiger partial charge in [-0.15, -0.1) is 11.8 Å². The fourth-order valence-corrected chi connectivity index (χ4v) is 4.49. The van der Waals surface area contributed by atoms with Gasteiger partial charge in [0.25, 0.3) is 0 Å². The molecule has 4 heteroatoms. The summed E-state index contributed by atoms with van der Waals surface area (Å²) in [4.78, 5) is 13.3. The van der Waals surface area contributed by atoms with Crippen molar-refractivity contribution in [3.63, 3.8) is 0 Å². The summed E-state index contributed by atoms with van der Waals surface area (Å²) in [6, 6.07) is 8.57. The zero-order chi connectivity index (χ0) is 15.3. The lowest BCUT2D eigenvalue weighted by Gasteiger charge is -2.39. The third kappa shape index (κ3) is 4.24. The largest absolute Gasteiger partial charge is 0.368 e. The number of hydrogen-bond donors (Lipinski definition) is 2. The van der Waals surface area contributed by atoms with Gasteiger partial charge in [-0.2, -0.15) is 0 Å². The van der Waals surface area contributed by atoms with Gasteiger partial charge in [-0.05, 0) is 57.7 Å². The van der Waals surface area contributed by atoms with Gasteiger partial charge in [0.15, 0.2) is 0 Å². The van der Waals surface area contributed by atoms with Crippen LogP contribution in [0.2, 0.25) is 0 Å². The molecule has 0 aromatic heterocycles. The Balaban J connectivity index is 2.06. The van der Waals surface area contributed by atoms with Crippen molar-refractivity contribution >= 4 is 17.7 Å². The molecule has 2 atom stereocenters. The lowest BCUT2D eigenvalue weighted by molar-refractivity contribution is -0.125. The van der Waals surface area contributed by atoms with Crippen molar-refractivity contribution < 1.29 is 4.79 Å². The van der Waals surface area contributed by atoms with Crippen LogP contribution in [0, 0.1) is 6.92 Å². The number of amides is 1. The average Bonchev–Trinajstić information content (AvgIpc) is 2.45. The topological polar surface area (TPSA) is 55.1 Å². The van der Waals surface area contributed by atoms with Crippen molar-refractivity contribution in [1.29, 1.82) is 0 Å². The number of carbonyl (C=O) groups is 1.